The normalized spacial score (nSPS) is 16.0. The number of nitrogens with one attached hydrogen (secondary N) is 1. The smallest absolute Gasteiger partial charge is 0.345 e. The zero-order valence-corrected chi connectivity index (χ0v) is 27.8. The minimum absolute atomic E-state index is 0.0728. The van der Waals surface area contributed by atoms with Crippen LogP contribution in [0.25, 0.3) is 43.6 Å². The van der Waals surface area contributed by atoms with Crippen LogP contribution in [0.1, 0.15) is 53.3 Å². The molecule has 2 N–H and O–H groups in total. The molecule has 1 saturated heterocycles. The van der Waals surface area contributed by atoms with Crippen molar-refractivity contribution in [2.45, 2.75) is 44.6 Å². The van der Waals surface area contributed by atoms with Crippen LogP contribution in [-0.2, 0) is 16.1 Å². The van der Waals surface area contributed by atoms with Gasteiger partial charge in [-0.2, -0.15) is 0 Å². The Balaban J connectivity index is 1.28. The Morgan fingerprint density at radius 1 is 1.06 bits per heavy atom. The topological polar surface area (TPSA) is 106 Å². The first kappa shape index (κ1) is 32.2. The van der Waals surface area contributed by atoms with Crippen LogP contribution in [0.3, 0.4) is 0 Å². The standard InChI is InChI=1S/C37H39FN4O5S/c1-46-26-9-10-27(28(38)20-26)30-12-7-24-19-25(8-11-29(24)40-30)35-34(23-5-3-2-4-6-23)36-31(21-32(48-36)37(44)45)42(35)22-33(43)39-13-14-41-15-17-47-18-16-41/h7-12,19-21,23H,2-6,13-18,22H2,1H3,(H,39,43)(H,44,45). The summed E-state index contributed by atoms with van der Waals surface area (Å²) in [4.78, 5) is 33.0. The molecule has 2 fully saturated rings. The molecule has 2 aromatic carbocycles. The Morgan fingerprint density at radius 2 is 1.88 bits per heavy atom. The second kappa shape index (κ2) is 14.0. The maximum atomic E-state index is 14.9. The van der Waals surface area contributed by atoms with Gasteiger partial charge in [-0.3, -0.25) is 9.69 Å². The summed E-state index contributed by atoms with van der Waals surface area (Å²) in [5.41, 5.74) is 5.44. The number of morpholine rings is 1. The number of hydrogen-bond donors (Lipinski definition) is 2. The minimum Gasteiger partial charge on any atom is -0.497 e. The summed E-state index contributed by atoms with van der Waals surface area (Å²) in [5.74, 6) is -0.782. The molecule has 2 aliphatic rings. The molecule has 7 rings (SSSR count). The molecule has 48 heavy (non-hydrogen) atoms. The zero-order valence-electron chi connectivity index (χ0n) is 27.0. The number of fused-ring (bicyclic) bond motifs is 2. The van der Waals surface area contributed by atoms with E-state index in [1.807, 2.05) is 28.8 Å². The summed E-state index contributed by atoms with van der Waals surface area (Å²) in [6.45, 7) is 4.45. The first-order valence-electron chi connectivity index (χ1n) is 16.6. The van der Waals surface area contributed by atoms with Gasteiger partial charge in [-0.25, -0.2) is 14.2 Å². The number of carboxylic acid groups (broad SMARTS) is 1. The number of benzene rings is 2. The molecular weight excluding hydrogens is 631 g/mol. The maximum absolute atomic E-state index is 14.9. The molecule has 4 heterocycles. The molecular formula is C37H39FN4O5S. The number of carbonyl (C=O) groups excluding carboxylic acids is 1. The number of amides is 1. The van der Waals surface area contributed by atoms with Gasteiger partial charge in [-0.1, -0.05) is 31.4 Å². The fourth-order valence-corrected chi connectivity index (χ4v) is 8.26. The average Bonchev–Trinajstić information content (AvgIpc) is 3.67. The van der Waals surface area contributed by atoms with Gasteiger partial charge in [0.1, 0.15) is 23.0 Å². The predicted molar refractivity (Wildman–Crippen MR) is 186 cm³/mol. The number of carboxylic acids is 1. The number of carbonyl (C=O) groups is 2. The van der Waals surface area contributed by atoms with Crippen molar-refractivity contribution in [3.63, 3.8) is 0 Å². The van der Waals surface area contributed by atoms with Crippen molar-refractivity contribution >= 4 is 44.3 Å². The lowest BCUT2D eigenvalue weighted by Crippen LogP contribution is -2.41. The van der Waals surface area contributed by atoms with Crippen LogP contribution in [0.2, 0.25) is 0 Å². The molecule has 1 saturated carbocycles. The van der Waals surface area contributed by atoms with Crippen LogP contribution in [0.5, 0.6) is 5.75 Å². The lowest BCUT2D eigenvalue weighted by Gasteiger charge is -2.26. The van der Waals surface area contributed by atoms with Gasteiger partial charge in [0, 0.05) is 43.2 Å². The lowest BCUT2D eigenvalue weighted by molar-refractivity contribution is -0.121. The van der Waals surface area contributed by atoms with Gasteiger partial charge in [0.15, 0.2) is 0 Å². The number of pyridine rings is 1. The first-order valence-corrected chi connectivity index (χ1v) is 17.4. The van der Waals surface area contributed by atoms with Crippen molar-refractivity contribution in [2.24, 2.45) is 0 Å². The van der Waals surface area contributed by atoms with E-state index in [-0.39, 0.29) is 23.2 Å². The van der Waals surface area contributed by atoms with E-state index in [0.717, 1.165) is 83.3 Å². The summed E-state index contributed by atoms with van der Waals surface area (Å²) >= 11 is 1.30. The van der Waals surface area contributed by atoms with Gasteiger partial charge in [0.05, 0.1) is 47.4 Å². The van der Waals surface area contributed by atoms with E-state index >= 15 is 0 Å². The van der Waals surface area contributed by atoms with Crippen LogP contribution in [-0.4, -0.2) is 77.9 Å². The number of methoxy groups -OCH3 is 1. The van der Waals surface area contributed by atoms with E-state index in [4.69, 9.17) is 14.5 Å². The van der Waals surface area contributed by atoms with Gasteiger partial charge in [0.2, 0.25) is 5.91 Å². The summed E-state index contributed by atoms with van der Waals surface area (Å²) in [6.07, 6.45) is 5.45. The van der Waals surface area contributed by atoms with E-state index in [0.29, 0.717) is 36.8 Å². The summed E-state index contributed by atoms with van der Waals surface area (Å²) < 4.78 is 28.5. The van der Waals surface area contributed by atoms with Crippen LogP contribution in [0.15, 0.2) is 54.6 Å². The zero-order chi connectivity index (χ0) is 33.2. The van der Waals surface area contributed by atoms with Crippen molar-refractivity contribution < 1.29 is 28.6 Å². The Hall–Kier alpha value is -4.32. The van der Waals surface area contributed by atoms with Crippen molar-refractivity contribution in [1.29, 1.82) is 0 Å². The fraction of sp³-hybridized carbons (Fsp3) is 0.378. The molecule has 0 spiro atoms. The molecule has 1 aliphatic heterocycles. The Bertz CT molecular complexity index is 1980. The molecule has 3 aromatic heterocycles. The number of aromatic carboxylic acids is 1. The molecule has 9 nitrogen and oxygen atoms in total. The SMILES string of the molecule is COc1ccc(-c2ccc3cc(-c4c(C5CCCCC5)c5sc(C(=O)O)cc5n4CC(=O)NCCN4CCOCC4)ccc3n2)c(F)c1. The molecule has 250 valence electrons. The Kier molecular flexibility index (Phi) is 9.43. The summed E-state index contributed by atoms with van der Waals surface area (Å²) in [7, 11) is 1.50. The second-order valence-electron chi connectivity index (χ2n) is 12.6. The van der Waals surface area contributed by atoms with Crippen LogP contribution >= 0.6 is 11.3 Å². The van der Waals surface area contributed by atoms with E-state index in [1.54, 1.807) is 18.2 Å². The molecule has 1 amide bonds. The van der Waals surface area contributed by atoms with E-state index in [2.05, 4.69) is 16.3 Å². The van der Waals surface area contributed by atoms with Gasteiger partial charge in [-0.15, -0.1) is 11.3 Å². The van der Waals surface area contributed by atoms with Crippen LogP contribution in [0, 0.1) is 5.82 Å². The number of halogens is 1. The van der Waals surface area contributed by atoms with Crippen molar-refractivity contribution in [3.05, 3.63) is 70.9 Å². The van der Waals surface area contributed by atoms with E-state index in [9.17, 15) is 19.1 Å². The molecule has 11 heteroatoms. The number of rotatable bonds is 10. The van der Waals surface area contributed by atoms with Gasteiger partial charge >= 0.3 is 5.97 Å². The van der Waals surface area contributed by atoms with Gasteiger partial charge < -0.3 is 24.5 Å². The molecule has 0 atom stereocenters. The van der Waals surface area contributed by atoms with Crippen molar-refractivity contribution in [2.75, 3.05) is 46.5 Å². The minimum atomic E-state index is -0.963. The molecule has 0 unspecified atom stereocenters. The van der Waals surface area contributed by atoms with E-state index in [1.165, 1.54) is 30.9 Å². The third kappa shape index (κ3) is 6.54. The van der Waals surface area contributed by atoms with Crippen molar-refractivity contribution in [1.82, 2.24) is 19.8 Å². The van der Waals surface area contributed by atoms with Gasteiger partial charge in [0.25, 0.3) is 0 Å². The highest BCUT2D eigenvalue weighted by Crippen LogP contribution is 2.47. The monoisotopic (exact) mass is 670 g/mol. The molecule has 1 aliphatic carbocycles. The highest BCUT2D eigenvalue weighted by molar-refractivity contribution is 7.21. The first-order chi connectivity index (χ1) is 23.4. The number of nitrogens with zero attached hydrogens (tertiary/aromatic N) is 3. The predicted octanol–water partition coefficient (Wildman–Crippen LogP) is 6.93. The molecule has 5 aromatic rings. The Labute approximate surface area is 282 Å². The average molecular weight is 671 g/mol. The van der Waals surface area contributed by atoms with Crippen LogP contribution < -0.4 is 10.1 Å². The largest absolute Gasteiger partial charge is 0.497 e. The maximum Gasteiger partial charge on any atom is 0.345 e. The Morgan fingerprint density at radius 3 is 2.62 bits per heavy atom. The number of ether oxygens (including phenoxy) is 2. The lowest BCUT2D eigenvalue weighted by atomic mass is 9.83. The number of aromatic nitrogens is 2. The van der Waals surface area contributed by atoms with Crippen LogP contribution in [0.4, 0.5) is 4.39 Å². The number of hydrogen-bond acceptors (Lipinski definition) is 7. The van der Waals surface area contributed by atoms with Gasteiger partial charge in [-0.05, 0) is 66.3 Å². The summed E-state index contributed by atoms with van der Waals surface area (Å²) in [6, 6.07) is 16.3. The highest BCUT2D eigenvalue weighted by atomic mass is 32.1. The highest BCUT2D eigenvalue weighted by Gasteiger charge is 2.30. The third-order valence-electron chi connectivity index (χ3n) is 9.57. The third-order valence-corrected chi connectivity index (χ3v) is 10.7. The fourth-order valence-electron chi connectivity index (χ4n) is 7.13. The quantitative estimate of drug-likeness (QED) is 0.166. The summed E-state index contributed by atoms with van der Waals surface area (Å²) in [5, 5.41) is 13.9. The second-order valence-corrected chi connectivity index (χ2v) is 13.6. The number of thiophene rings is 1. The van der Waals surface area contributed by atoms with Crippen molar-refractivity contribution in [3.8, 4) is 28.3 Å². The van der Waals surface area contributed by atoms with E-state index < -0.39 is 11.8 Å². The molecule has 0 bridgehead atoms. The molecule has 0 radical (unpaired) electrons.